The Balaban J connectivity index is 1.61. The van der Waals surface area contributed by atoms with Gasteiger partial charge in [-0.3, -0.25) is 9.59 Å². The van der Waals surface area contributed by atoms with E-state index >= 15 is 0 Å². The smallest absolute Gasteiger partial charge is 0.307 e. The molecule has 0 saturated heterocycles. The molecule has 1 aliphatic heterocycles. The quantitative estimate of drug-likeness (QED) is 0.565. The molecule has 0 aliphatic carbocycles. The molecule has 0 saturated carbocycles. The lowest BCUT2D eigenvalue weighted by Crippen LogP contribution is -2.44. The van der Waals surface area contributed by atoms with Gasteiger partial charge in [-0.15, -0.1) is 0 Å². The number of carboxylic acid groups (broad SMARTS) is 1. The number of likely N-dealkylation sites (N-methyl/N-ethyl adjacent to an activating group) is 1. The van der Waals surface area contributed by atoms with Gasteiger partial charge in [-0.1, -0.05) is 40.2 Å². The molecule has 4 rings (SSSR count). The summed E-state index contributed by atoms with van der Waals surface area (Å²) in [6.45, 7) is 2.45. The molecule has 0 spiro atoms. The van der Waals surface area contributed by atoms with Crippen LogP contribution in [0.5, 0.6) is 0 Å². The van der Waals surface area contributed by atoms with Gasteiger partial charge in [0.15, 0.2) is 0 Å². The maximum Gasteiger partial charge on any atom is 0.307 e. The normalized spacial score (nSPS) is 16.7. The molecule has 31 heavy (non-hydrogen) atoms. The number of hydrogen-bond acceptors (Lipinski definition) is 2. The average molecular weight is 487 g/mol. The molecule has 162 valence electrons. The van der Waals surface area contributed by atoms with Crippen molar-refractivity contribution in [3.05, 3.63) is 69.6 Å². The van der Waals surface area contributed by atoms with Crippen molar-refractivity contribution >= 4 is 38.7 Å². The molecule has 0 fully saturated rings. The van der Waals surface area contributed by atoms with E-state index in [1.165, 1.54) is 12.1 Å². The van der Waals surface area contributed by atoms with E-state index in [4.69, 9.17) is 0 Å². The van der Waals surface area contributed by atoms with Crippen molar-refractivity contribution in [2.24, 2.45) is 0 Å². The van der Waals surface area contributed by atoms with Crippen LogP contribution < -0.4 is 0 Å². The van der Waals surface area contributed by atoms with Gasteiger partial charge in [-0.2, -0.15) is 0 Å². The van der Waals surface area contributed by atoms with Crippen LogP contribution in [0.2, 0.25) is 0 Å². The molecule has 1 N–H and O–H groups in total. The lowest BCUT2D eigenvalue weighted by atomic mass is 9.96. The third kappa shape index (κ3) is 3.99. The van der Waals surface area contributed by atoms with Crippen LogP contribution in [0.1, 0.15) is 36.1 Å². The summed E-state index contributed by atoms with van der Waals surface area (Å²) in [5.41, 5.74) is 3.69. The Morgan fingerprint density at radius 3 is 2.74 bits per heavy atom. The van der Waals surface area contributed by atoms with E-state index < -0.39 is 11.9 Å². The van der Waals surface area contributed by atoms with E-state index in [2.05, 4.69) is 20.5 Å². The Morgan fingerprint density at radius 2 is 2.03 bits per heavy atom. The zero-order chi connectivity index (χ0) is 22.3. The molecule has 0 radical (unpaired) electrons. The third-order valence-electron chi connectivity index (χ3n) is 6.32. The highest BCUT2D eigenvalue weighted by Gasteiger charge is 2.31. The van der Waals surface area contributed by atoms with Gasteiger partial charge in [0, 0.05) is 40.7 Å². The van der Waals surface area contributed by atoms with Crippen LogP contribution in [-0.2, 0) is 29.0 Å². The van der Waals surface area contributed by atoms with Gasteiger partial charge in [-0.05, 0) is 49.1 Å². The molecule has 5 nitrogen and oxygen atoms in total. The number of amides is 1. The van der Waals surface area contributed by atoms with E-state index in [0.717, 1.165) is 34.1 Å². The predicted molar refractivity (Wildman–Crippen MR) is 121 cm³/mol. The standard InChI is InChI=1S/C24H24BrFN2O3/c1-14(17-9-7-15(26)11-20(17)25)24(31)27(2)16-8-10-22-19(12-23(29)30)18-5-3-4-6-21(18)28(22)13-16/h3-7,9,11,14,16H,8,10,12-13H2,1-2H3,(H,29,30)/t14?,16-/m1/s1. The maximum atomic E-state index is 13.4. The van der Waals surface area contributed by atoms with Gasteiger partial charge in [0.25, 0.3) is 0 Å². The highest BCUT2D eigenvalue weighted by Crippen LogP contribution is 2.33. The number of nitrogens with zero attached hydrogens (tertiary/aromatic N) is 2. The summed E-state index contributed by atoms with van der Waals surface area (Å²) in [5.74, 6) is -1.62. The second-order valence-electron chi connectivity index (χ2n) is 8.15. The summed E-state index contributed by atoms with van der Waals surface area (Å²) in [7, 11) is 1.82. The number of hydrogen-bond donors (Lipinski definition) is 1. The number of para-hydroxylation sites is 1. The summed E-state index contributed by atoms with van der Waals surface area (Å²) in [4.78, 5) is 26.4. The van der Waals surface area contributed by atoms with Crippen molar-refractivity contribution in [1.29, 1.82) is 0 Å². The number of carbonyl (C=O) groups is 2. The fraction of sp³-hybridized carbons (Fsp3) is 0.333. The summed E-state index contributed by atoms with van der Waals surface area (Å²) in [6.07, 6.45) is 1.48. The van der Waals surface area contributed by atoms with Gasteiger partial charge >= 0.3 is 5.97 Å². The average Bonchev–Trinajstić information content (AvgIpc) is 3.05. The van der Waals surface area contributed by atoms with Gasteiger partial charge in [0.2, 0.25) is 5.91 Å². The lowest BCUT2D eigenvalue weighted by molar-refractivity contribution is -0.136. The molecule has 1 aromatic heterocycles. The monoisotopic (exact) mass is 486 g/mol. The SMILES string of the molecule is CC(C(=O)N(C)[C@@H]1CCc2c(CC(=O)O)c3ccccc3n2C1)c1ccc(F)cc1Br. The Morgan fingerprint density at radius 1 is 1.29 bits per heavy atom. The first kappa shape index (κ1) is 21.6. The lowest BCUT2D eigenvalue weighted by Gasteiger charge is -2.35. The molecule has 0 bridgehead atoms. The summed E-state index contributed by atoms with van der Waals surface area (Å²) in [5, 5.41) is 10.3. The summed E-state index contributed by atoms with van der Waals surface area (Å²) in [6, 6.07) is 12.2. The van der Waals surface area contributed by atoms with Crippen molar-refractivity contribution in [3.63, 3.8) is 0 Å². The van der Waals surface area contributed by atoms with Crippen LogP contribution in [0.3, 0.4) is 0 Å². The zero-order valence-electron chi connectivity index (χ0n) is 17.4. The van der Waals surface area contributed by atoms with E-state index in [1.54, 1.807) is 11.0 Å². The minimum Gasteiger partial charge on any atom is -0.481 e. The topological polar surface area (TPSA) is 62.5 Å². The van der Waals surface area contributed by atoms with Crippen LogP contribution in [0.15, 0.2) is 46.9 Å². The first-order valence-electron chi connectivity index (χ1n) is 10.3. The highest BCUT2D eigenvalue weighted by atomic mass is 79.9. The number of aromatic nitrogens is 1. The molecule has 1 aliphatic rings. The summed E-state index contributed by atoms with van der Waals surface area (Å²) < 4.78 is 16.2. The molecule has 7 heteroatoms. The Bertz CT molecular complexity index is 1170. The molecular formula is C24H24BrFN2O3. The molecule has 1 unspecified atom stereocenters. The first-order chi connectivity index (χ1) is 14.8. The maximum absolute atomic E-state index is 13.4. The van der Waals surface area contributed by atoms with Crippen molar-refractivity contribution in [1.82, 2.24) is 9.47 Å². The molecule has 2 aromatic carbocycles. The van der Waals surface area contributed by atoms with Gasteiger partial charge in [0.05, 0.1) is 12.3 Å². The highest BCUT2D eigenvalue weighted by molar-refractivity contribution is 9.10. The van der Waals surface area contributed by atoms with Crippen LogP contribution in [-0.4, -0.2) is 39.5 Å². The Labute approximate surface area is 188 Å². The van der Waals surface area contributed by atoms with Gasteiger partial charge in [0.1, 0.15) is 5.82 Å². The fourth-order valence-electron chi connectivity index (χ4n) is 4.66. The largest absolute Gasteiger partial charge is 0.481 e. The molecule has 2 atom stereocenters. The van der Waals surface area contributed by atoms with Crippen LogP contribution in [0.25, 0.3) is 10.9 Å². The molecular weight excluding hydrogens is 463 g/mol. The van der Waals surface area contributed by atoms with Gasteiger partial charge < -0.3 is 14.6 Å². The number of aliphatic carboxylic acids is 1. The first-order valence-corrected chi connectivity index (χ1v) is 11.1. The fourth-order valence-corrected chi connectivity index (χ4v) is 5.36. The second-order valence-corrected chi connectivity index (χ2v) is 9.01. The summed E-state index contributed by atoms with van der Waals surface area (Å²) >= 11 is 3.37. The Kier molecular flexibility index (Phi) is 5.88. The van der Waals surface area contributed by atoms with Crippen LogP contribution in [0.4, 0.5) is 4.39 Å². The van der Waals surface area contributed by atoms with Crippen molar-refractivity contribution in [2.75, 3.05) is 7.05 Å². The number of benzene rings is 2. The van der Waals surface area contributed by atoms with Crippen LogP contribution in [0, 0.1) is 5.82 Å². The van der Waals surface area contributed by atoms with Crippen LogP contribution >= 0.6 is 15.9 Å². The van der Waals surface area contributed by atoms with E-state index in [0.29, 0.717) is 17.4 Å². The minimum absolute atomic E-state index is 0.00207. The third-order valence-corrected chi connectivity index (χ3v) is 7.01. The van der Waals surface area contributed by atoms with Crippen molar-refractivity contribution < 1.29 is 19.1 Å². The Hall–Kier alpha value is -2.67. The number of carbonyl (C=O) groups excluding carboxylic acids is 1. The second kappa shape index (κ2) is 8.46. The van der Waals surface area contributed by atoms with Crippen molar-refractivity contribution in [3.8, 4) is 0 Å². The number of rotatable bonds is 5. The van der Waals surface area contributed by atoms with Gasteiger partial charge in [-0.25, -0.2) is 4.39 Å². The van der Waals surface area contributed by atoms with E-state index in [-0.39, 0.29) is 24.2 Å². The molecule has 3 aromatic rings. The number of halogens is 2. The predicted octanol–water partition coefficient (Wildman–Crippen LogP) is 4.75. The van der Waals surface area contributed by atoms with E-state index in [9.17, 15) is 19.1 Å². The van der Waals surface area contributed by atoms with E-state index in [1.807, 2.05) is 38.2 Å². The molecule has 2 heterocycles. The number of carboxylic acids is 1. The van der Waals surface area contributed by atoms with Crippen molar-refractivity contribution in [2.45, 2.75) is 44.7 Å². The minimum atomic E-state index is -0.840. The zero-order valence-corrected chi connectivity index (χ0v) is 19.0. The number of fused-ring (bicyclic) bond motifs is 3. The molecule has 1 amide bonds.